The number of Topliss-reactive ketones (excluding diaryl/α,β-unsaturated/α-hetero) is 1. The SMILES string of the molecule is COc1ccc(CCN2C(=O)C(=O)C(=C(O)c3ccc(Br)cc3)[C@H]2c2ccccc2)cc1OC. The molecule has 3 aromatic rings. The molecule has 0 radical (unpaired) electrons. The van der Waals surface area contributed by atoms with Crippen molar-refractivity contribution >= 4 is 33.4 Å². The Kier molecular flexibility index (Phi) is 7.03. The summed E-state index contributed by atoms with van der Waals surface area (Å²) >= 11 is 3.38. The minimum Gasteiger partial charge on any atom is -0.507 e. The summed E-state index contributed by atoms with van der Waals surface area (Å²) < 4.78 is 11.5. The lowest BCUT2D eigenvalue weighted by Crippen LogP contribution is -2.31. The van der Waals surface area contributed by atoms with Crippen LogP contribution in [0.5, 0.6) is 11.5 Å². The molecule has 0 saturated carbocycles. The van der Waals surface area contributed by atoms with Crippen LogP contribution in [0.3, 0.4) is 0 Å². The van der Waals surface area contributed by atoms with E-state index in [4.69, 9.17) is 9.47 Å². The normalized spacial score (nSPS) is 17.1. The summed E-state index contributed by atoms with van der Waals surface area (Å²) in [5, 5.41) is 11.1. The van der Waals surface area contributed by atoms with Crippen LogP contribution in [-0.4, -0.2) is 42.5 Å². The van der Waals surface area contributed by atoms with Gasteiger partial charge in [0.25, 0.3) is 11.7 Å². The zero-order valence-corrected chi connectivity index (χ0v) is 20.4. The van der Waals surface area contributed by atoms with Crippen LogP contribution in [0.1, 0.15) is 22.7 Å². The van der Waals surface area contributed by atoms with E-state index in [0.717, 1.165) is 15.6 Å². The Morgan fingerprint density at radius 3 is 2.26 bits per heavy atom. The van der Waals surface area contributed by atoms with Gasteiger partial charge in [0, 0.05) is 16.6 Å². The molecule has 1 aliphatic heterocycles. The Labute approximate surface area is 206 Å². The van der Waals surface area contributed by atoms with Crippen LogP contribution < -0.4 is 9.47 Å². The van der Waals surface area contributed by atoms with E-state index < -0.39 is 17.7 Å². The highest BCUT2D eigenvalue weighted by Crippen LogP contribution is 2.39. The number of benzene rings is 3. The van der Waals surface area contributed by atoms with E-state index in [-0.39, 0.29) is 17.9 Å². The molecule has 1 amide bonds. The fourth-order valence-electron chi connectivity index (χ4n) is 4.14. The van der Waals surface area contributed by atoms with Crippen molar-refractivity contribution in [2.24, 2.45) is 0 Å². The summed E-state index contributed by atoms with van der Waals surface area (Å²) in [6.45, 7) is 0.288. The fraction of sp³-hybridized carbons (Fsp3) is 0.185. The van der Waals surface area contributed by atoms with E-state index in [1.165, 1.54) is 4.90 Å². The molecule has 0 bridgehead atoms. The van der Waals surface area contributed by atoms with Crippen molar-refractivity contribution in [1.29, 1.82) is 0 Å². The number of hydrogen-bond donors (Lipinski definition) is 1. The van der Waals surface area contributed by atoms with E-state index >= 15 is 0 Å². The summed E-state index contributed by atoms with van der Waals surface area (Å²) in [5.41, 5.74) is 2.25. The van der Waals surface area contributed by atoms with E-state index in [1.807, 2.05) is 48.5 Å². The van der Waals surface area contributed by atoms with Gasteiger partial charge in [0.1, 0.15) is 5.76 Å². The Balaban J connectivity index is 1.72. The lowest BCUT2D eigenvalue weighted by Gasteiger charge is -2.25. The van der Waals surface area contributed by atoms with Crippen LogP contribution in [0, 0.1) is 0 Å². The molecule has 1 saturated heterocycles. The van der Waals surface area contributed by atoms with Gasteiger partial charge in [-0.1, -0.05) is 64.5 Å². The lowest BCUT2D eigenvalue weighted by molar-refractivity contribution is -0.139. The van der Waals surface area contributed by atoms with Crippen molar-refractivity contribution in [1.82, 2.24) is 4.90 Å². The van der Waals surface area contributed by atoms with Crippen LogP contribution in [0.25, 0.3) is 5.76 Å². The van der Waals surface area contributed by atoms with Crippen molar-refractivity contribution < 1.29 is 24.2 Å². The summed E-state index contributed by atoms with van der Waals surface area (Å²) in [4.78, 5) is 27.8. The highest BCUT2D eigenvalue weighted by Gasteiger charge is 2.45. The number of ether oxygens (including phenoxy) is 2. The van der Waals surface area contributed by atoms with Gasteiger partial charge in [-0.25, -0.2) is 0 Å². The van der Waals surface area contributed by atoms with Crippen LogP contribution in [0.2, 0.25) is 0 Å². The first kappa shape index (κ1) is 23.6. The number of likely N-dealkylation sites (tertiary alicyclic amines) is 1. The topological polar surface area (TPSA) is 76.1 Å². The molecule has 1 N–H and O–H groups in total. The first-order valence-electron chi connectivity index (χ1n) is 10.7. The second-order valence-electron chi connectivity index (χ2n) is 7.85. The number of amides is 1. The van der Waals surface area contributed by atoms with Gasteiger partial charge in [-0.05, 0) is 41.8 Å². The molecule has 0 aliphatic carbocycles. The molecule has 7 heteroatoms. The summed E-state index contributed by atoms with van der Waals surface area (Å²) in [6.07, 6.45) is 0.495. The number of aliphatic hydroxyl groups is 1. The first-order valence-corrected chi connectivity index (χ1v) is 11.5. The molecule has 0 spiro atoms. The van der Waals surface area contributed by atoms with Crippen LogP contribution in [0.4, 0.5) is 0 Å². The third kappa shape index (κ3) is 4.56. The van der Waals surface area contributed by atoms with Gasteiger partial charge in [-0.3, -0.25) is 9.59 Å². The molecular formula is C27H24BrNO5. The molecule has 6 nitrogen and oxygen atoms in total. The Hall–Kier alpha value is -3.58. The largest absolute Gasteiger partial charge is 0.507 e. The quantitative estimate of drug-likeness (QED) is 0.265. The number of carbonyl (C=O) groups excluding carboxylic acids is 2. The minimum atomic E-state index is -0.693. The predicted octanol–water partition coefficient (Wildman–Crippen LogP) is 5.13. The Morgan fingerprint density at radius 2 is 1.62 bits per heavy atom. The number of halogens is 1. The monoisotopic (exact) mass is 521 g/mol. The van der Waals surface area contributed by atoms with Gasteiger partial charge >= 0.3 is 0 Å². The third-order valence-electron chi connectivity index (χ3n) is 5.86. The van der Waals surface area contributed by atoms with E-state index in [1.54, 1.807) is 38.5 Å². The average Bonchev–Trinajstić information content (AvgIpc) is 3.12. The molecule has 1 heterocycles. The van der Waals surface area contributed by atoms with E-state index in [0.29, 0.717) is 23.5 Å². The number of carbonyl (C=O) groups is 2. The number of rotatable bonds is 7. The maximum atomic E-state index is 13.1. The van der Waals surface area contributed by atoms with Crippen molar-refractivity contribution in [2.75, 3.05) is 20.8 Å². The molecule has 3 aromatic carbocycles. The van der Waals surface area contributed by atoms with Gasteiger partial charge in [0.05, 0.1) is 25.8 Å². The van der Waals surface area contributed by atoms with Gasteiger partial charge in [0.15, 0.2) is 11.5 Å². The lowest BCUT2D eigenvalue weighted by atomic mass is 9.95. The fourth-order valence-corrected chi connectivity index (χ4v) is 4.41. The van der Waals surface area contributed by atoms with Gasteiger partial charge < -0.3 is 19.5 Å². The second kappa shape index (κ2) is 10.1. The van der Waals surface area contributed by atoms with Gasteiger partial charge in [0.2, 0.25) is 0 Å². The van der Waals surface area contributed by atoms with Crippen LogP contribution in [0.15, 0.2) is 82.8 Å². The standard InChI is InChI=1S/C27H24BrNO5/c1-33-21-13-8-17(16-22(21)34-2)14-15-29-24(18-6-4-3-5-7-18)23(26(31)27(29)32)25(30)19-9-11-20(28)12-10-19/h3-13,16,24,30H,14-15H2,1-2H3/t24-/m1/s1. The van der Waals surface area contributed by atoms with Crippen molar-refractivity contribution in [2.45, 2.75) is 12.5 Å². The minimum absolute atomic E-state index is 0.0887. The smallest absolute Gasteiger partial charge is 0.295 e. The summed E-state index contributed by atoms with van der Waals surface area (Å²) in [7, 11) is 3.14. The maximum absolute atomic E-state index is 13.1. The zero-order chi connectivity index (χ0) is 24.2. The second-order valence-corrected chi connectivity index (χ2v) is 8.77. The molecule has 0 aromatic heterocycles. The van der Waals surface area contributed by atoms with Gasteiger partial charge in [-0.15, -0.1) is 0 Å². The number of aliphatic hydroxyl groups excluding tert-OH is 1. The highest BCUT2D eigenvalue weighted by molar-refractivity contribution is 9.10. The summed E-state index contributed by atoms with van der Waals surface area (Å²) in [5.74, 6) is -0.301. The number of nitrogens with zero attached hydrogens (tertiary/aromatic N) is 1. The van der Waals surface area contributed by atoms with Gasteiger partial charge in [-0.2, -0.15) is 0 Å². The zero-order valence-electron chi connectivity index (χ0n) is 18.8. The molecule has 1 atom stereocenters. The summed E-state index contributed by atoms with van der Waals surface area (Å²) in [6, 6.07) is 21.1. The Bertz CT molecular complexity index is 1240. The molecule has 34 heavy (non-hydrogen) atoms. The Morgan fingerprint density at radius 1 is 0.941 bits per heavy atom. The maximum Gasteiger partial charge on any atom is 0.295 e. The van der Waals surface area contributed by atoms with Crippen molar-refractivity contribution in [3.8, 4) is 11.5 Å². The molecule has 4 rings (SSSR count). The number of methoxy groups -OCH3 is 2. The predicted molar refractivity (Wildman–Crippen MR) is 133 cm³/mol. The molecule has 0 unspecified atom stereocenters. The van der Waals surface area contributed by atoms with Crippen molar-refractivity contribution in [3.63, 3.8) is 0 Å². The molecule has 174 valence electrons. The highest BCUT2D eigenvalue weighted by atomic mass is 79.9. The first-order chi connectivity index (χ1) is 16.4. The average molecular weight is 522 g/mol. The van der Waals surface area contributed by atoms with E-state index in [2.05, 4.69) is 15.9 Å². The molecule has 1 fully saturated rings. The molecule has 1 aliphatic rings. The van der Waals surface area contributed by atoms with Crippen LogP contribution in [-0.2, 0) is 16.0 Å². The third-order valence-corrected chi connectivity index (χ3v) is 6.39. The number of ketones is 1. The van der Waals surface area contributed by atoms with Crippen LogP contribution >= 0.6 is 15.9 Å². The molecular weight excluding hydrogens is 498 g/mol. The number of hydrogen-bond acceptors (Lipinski definition) is 5. The van der Waals surface area contributed by atoms with Crippen molar-refractivity contribution in [3.05, 3.63) is 99.5 Å². The van der Waals surface area contributed by atoms with E-state index in [9.17, 15) is 14.7 Å².